The molecule has 1 aromatic heterocycles. The summed E-state index contributed by atoms with van der Waals surface area (Å²) in [6.07, 6.45) is -3.40. The van der Waals surface area contributed by atoms with Crippen LogP contribution in [0.2, 0.25) is 0 Å². The first-order valence-corrected chi connectivity index (χ1v) is 4.46. The molecule has 84 valence electrons. The summed E-state index contributed by atoms with van der Waals surface area (Å²) < 4.78 is 36.0. The van der Waals surface area contributed by atoms with Gasteiger partial charge in [0.2, 0.25) is 0 Å². The maximum atomic E-state index is 12.0. The number of aromatic nitrogens is 2. The predicted molar refractivity (Wildman–Crippen MR) is 47.5 cm³/mol. The van der Waals surface area contributed by atoms with Crippen LogP contribution >= 0.6 is 0 Å². The topological polar surface area (TPSA) is 45.8 Å². The van der Waals surface area contributed by atoms with Crippen molar-refractivity contribution in [1.29, 1.82) is 0 Å². The van der Waals surface area contributed by atoms with Crippen molar-refractivity contribution in [2.24, 2.45) is 5.92 Å². The van der Waals surface area contributed by atoms with Gasteiger partial charge in [-0.1, -0.05) is 13.8 Å². The van der Waals surface area contributed by atoms with Gasteiger partial charge in [-0.25, -0.2) is 4.98 Å². The van der Waals surface area contributed by atoms with Crippen molar-refractivity contribution >= 4 is 5.78 Å². The van der Waals surface area contributed by atoms with Crippen LogP contribution in [0.5, 0.6) is 0 Å². The Labute approximate surface area is 84.7 Å². The van der Waals surface area contributed by atoms with E-state index in [1.165, 1.54) is 0 Å². The third-order valence-electron chi connectivity index (χ3n) is 1.73. The molecule has 0 unspecified atom stereocenters. The highest BCUT2D eigenvalue weighted by molar-refractivity contribution is 5.98. The maximum Gasteiger partial charge on any atom is 0.456 e. The van der Waals surface area contributed by atoms with Crippen molar-refractivity contribution in [3.63, 3.8) is 0 Å². The number of nitrogens with zero attached hydrogens (tertiary/aromatic N) is 1. The zero-order valence-electron chi connectivity index (χ0n) is 8.35. The standard InChI is InChI=1S/C9H11F3N2O/c1-5(2)3-7-13-4-6(14-7)8(15)9(10,11)12/h4-5H,3H2,1-2H3,(H,13,14). The molecule has 0 radical (unpaired) electrons. The zero-order valence-corrected chi connectivity index (χ0v) is 8.35. The summed E-state index contributed by atoms with van der Waals surface area (Å²) in [5, 5.41) is 0. The lowest BCUT2D eigenvalue weighted by molar-refractivity contribution is -0.0888. The molecule has 3 nitrogen and oxygen atoms in total. The summed E-state index contributed by atoms with van der Waals surface area (Å²) in [6, 6.07) is 0. The average Bonchev–Trinajstić information content (AvgIpc) is 2.48. The van der Waals surface area contributed by atoms with Crippen LogP contribution in [0.1, 0.15) is 30.2 Å². The molecule has 0 atom stereocenters. The number of halogens is 3. The first-order valence-electron chi connectivity index (χ1n) is 4.46. The molecule has 0 bridgehead atoms. The van der Waals surface area contributed by atoms with Crippen molar-refractivity contribution in [2.75, 3.05) is 0 Å². The van der Waals surface area contributed by atoms with E-state index < -0.39 is 17.7 Å². The lowest BCUT2D eigenvalue weighted by Gasteiger charge is -2.02. The van der Waals surface area contributed by atoms with E-state index in [0.29, 0.717) is 12.2 Å². The molecule has 0 aliphatic heterocycles. The van der Waals surface area contributed by atoms with Gasteiger partial charge in [0.15, 0.2) is 0 Å². The summed E-state index contributed by atoms with van der Waals surface area (Å²) in [5.41, 5.74) is -0.502. The van der Waals surface area contributed by atoms with Gasteiger partial charge in [-0.05, 0) is 5.92 Å². The molecule has 0 aliphatic carbocycles. The second-order valence-corrected chi connectivity index (χ2v) is 3.67. The van der Waals surface area contributed by atoms with E-state index >= 15 is 0 Å². The lowest BCUT2D eigenvalue weighted by atomic mass is 10.1. The largest absolute Gasteiger partial charge is 0.456 e. The Hall–Kier alpha value is -1.33. The van der Waals surface area contributed by atoms with Gasteiger partial charge in [0, 0.05) is 6.42 Å². The van der Waals surface area contributed by atoms with Crippen molar-refractivity contribution in [3.8, 4) is 0 Å². The number of ketones is 1. The summed E-state index contributed by atoms with van der Waals surface area (Å²) in [7, 11) is 0. The quantitative estimate of drug-likeness (QED) is 0.795. The number of nitrogens with one attached hydrogen (secondary N) is 1. The van der Waals surface area contributed by atoms with Crippen molar-refractivity contribution < 1.29 is 18.0 Å². The second kappa shape index (κ2) is 4.04. The van der Waals surface area contributed by atoms with Gasteiger partial charge in [-0.2, -0.15) is 13.2 Å². The summed E-state index contributed by atoms with van der Waals surface area (Å²) in [6.45, 7) is 3.82. The highest BCUT2D eigenvalue weighted by Gasteiger charge is 2.40. The minimum Gasteiger partial charge on any atom is -0.339 e. The molecule has 0 aliphatic rings. The molecule has 1 heterocycles. The smallest absolute Gasteiger partial charge is 0.339 e. The third-order valence-corrected chi connectivity index (χ3v) is 1.73. The minimum atomic E-state index is -4.85. The maximum absolute atomic E-state index is 12.0. The van der Waals surface area contributed by atoms with Crippen LogP contribution in [0.4, 0.5) is 13.2 Å². The first-order chi connectivity index (χ1) is 6.80. The van der Waals surface area contributed by atoms with Crippen LogP contribution in [-0.4, -0.2) is 21.9 Å². The molecule has 6 heteroatoms. The summed E-state index contributed by atoms with van der Waals surface area (Å²) in [5.74, 6) is -1.22. The Kier molecular flexibility index (Phi) is 3.16. The fourth-order valence-electron chi connectivity index (χ4n) is 1.12. The fourth-order valence-corrected chi connectivity index (χ4v) is 1.12. The van der Waals surface area contributed by atoms with Crippen LogP contribution in [0.15, 0.2) is 6.20 Å². The average molecular weight is 220 g/mol. The van der Waals surface area contributed by atoms with Crippen molar-refractivity contribution in [2.45, 2.75) is 26.4 Å². The molecule has 0 saturated heterocycles. The molecule has 1 N–H and O–H groups in total. The molecular weight excluding hydrogens is 209 g/mol. The van der Waals surface area contributed by atoms with E-state index in [9.17, 15) is 18.0 Å². The van der Waals surface area contributed by atoms with E-state index in [4.69, 9.17) is 0 Å². The molecule has 0 fully saturated rings. The van der Waals surface area contributed by atoms with Gasteiger partial charge in [-0.3, -0.25) is 4.79 Å². The van der Waals surface area contributed by atoms with E-state index in [1.54, 1.807) is 0 Å². The Balaban J connectivity index is 2.81. The normalized spacial score (nSPS) is 12.1. The number of rotatable bonds is 3. The number of carbonyl (C=O) groups excluding carboxylic acids is 1. The van der Waals surface area contributed by atoms with Crippen molar-refractivity contribution in [1.82, 2.24) is 9.97 Å². The third kappa shape index (κ3) is 3.07. The van der Waals surface area contributed by atoms with Crippen molar-refractivity contribution in [3.05, 3.63) is 17.7 Å². The number of hydrogen-bond acceptors (Lipinski definition) is 2. The molecule has 0 saturated carbocycles. The predicted octanol–water partition coefficient (Wildman–Crippen LogP) is 2.35. The van der Waals surface area contributed by atoms with Crippen LogP contribution in [0.25, 0.3) is 0 Å². The number of imidazole rings is 1. The van der Waals surface area contributed by atoms with Gasteiger partial charge in [0.25, 0.3) is 5.78 Å². The highest BCUT2D eigenvalue weighted by Crippen LogP contribution is 2.20. The minimum absolute atomic E-state index is 0.269. The van der Waals surface area contributed by atoms with Crippen LogP contribution < -0.4 is 0 Å². The number of Topliss-reactive ketones (excluding diaryl/α,β-unsaturated/α-hetero) is 1. The van der Waals surface area contributed by atoms with E-state index in [2.05, 4.69) is 9.97 Å². The van der Waals surface area contributed by atoms with Gasteiger partial charge in [0.1, 0.15) is 11.5 Å². The van der Waals surface area contributed by atoms with Crippen LogP contribution in [0.3, 0.4) is 0 Å². The molecule has 0 amide bonds. The Morgan fingerprint density at radius 2 is 2.13 bits per heavy atom. The first kappa shape index (κ1) is 11.7. The number of H-pyrrole nitrogens is 1. The molecule has 0 aromatic carbocycles. The zero-order chi connectivity index (χ0) is 11.6. The highest BCUT2D eigenvalue weighted by atomic mass is 19.4. The second-order valence-electron chi connectivity index (χ2n) is 3.67. The van der Waals surface area contributed by atoms with Gasteiger partial charge >= 0.3 is 6.18 Å². The Morgan fingerprint density at radius 3 is 2.60 bits per heavy atom. The SMILES string of the molecule is CC(C)Cc1ncc(C(=O)C(F)(F)F)[nH]1. The summed E-state index contributed by atoms with van der Waals surface area (Å²) in [4.78, 5) is 16.9. The lowest BCUT2D eigenvalue weighted by Crippen LogP contribution is -2.23. The monoisotopic (exact) mass is 220 g/mol. The van der Waals surface area contributed by atoms with Gasteiger partial charge < -0.3 is 4.98 Å². The van der Waals surface area contributed by atoms with E-state index in [0.717, 1.165) is 6.20 Å². The fraction of sp³-hybridized carbons (Fsp3) is 0.556. The van der Waals surface area contributed by atoms with Crippen LogP contribution in [0, 0.1) is 5.92 Å². The molecular formula is C9H11F3N2O. The van der Waals surface area contributed by atoms with Gasteiger partial charge in [0.05, 0.1) is 6.20 Å². The number of carbonyl (C=O) groups is 1. The van der Waals surface area contributed by atoms with E-state index in [1.807, 2.05) is 13.8 Å². The molecule has 1 aromatic rings. The van der Waals surface area contributed by atoms with Gasteiger partial charge in [-0.15, -0.1) is 0 Å². The molecule has 1 rings (SSSR count). The number of alkyl halides is 3. The van der Waals surface area contributed by atoms with Crippen LogP contribution in [-0.2, 0) is 6.42 Å². The molecule has 0 spiro atoms. The number of hydrogen-bond donors (Lipinski definition) is 1. The van der Waals surface area contributed by atoms with E-state index in [-0.39, 0.29) is 5.92 Å². The Morgan fingerprint density at radius 1 is 1.53 bits per heavy atom. The number of aromatic amines is 1. The molecule has 15 heavy (non-hydrogen) atoms. The Bertz CT molecular complexity index is 354. The summed E-state index contributed by atoms with van der Waals surface area (Å²) >= 11 is 0.